The molecule has 8 heteroatoms. The Labute approximate surface area is 116 Å². The van der Waals surface area contributed by atoms with E-state index in [-0.39, 0.29) is 12.1 Å². The largest absolute Gasteiger partial charge is 0.433 e. The highest BCUT2D eigenvalue weighted by atomic mass is 32.1. The smallest absolute Gasteiger partial charge is 0.347 e. The molecule has 0 saturated carbocycles. The van der Waals surface area contributed by atoms with E-state index in [0.717, 1.165) is 28.2 Å². The first kappa shape index (κ1) is 14.4. The van der Waals surface area contributed by atoms with Gasteiger partial charge in [0.05, 0.1) is 17.1 Å². The maximum absolute atomic E-state index is 12.3. The molecule has 0 bridgehead atoms. The summed E-state index contributed by atoms with van der Waals surface area (Å²) in [7, 11) is 0. The predicted molar refractivity (Wildman–Crippen MR) is 67.3 cm³/mol. The molecule has 0 fully saturated rings. The van der Waals surface area contributed by atoms with Crippen LogP contribution in [0.1, 0.15) is 25.9 Å². The van der Waals surface area contributed by atoms with Crippen LogP contribution in [0.3, 0.4) is 0 Å². The van der Waals surface area contributed by atoms with Crippen molar-refractivity contribution in [2.75, 3.05) is 0 Å². The molecule has 106 valence electrons. The highest BCUT2D eigenvalue weighted by Gasteiger charge is 2.32. The van der Waals surface area contributed by atoms with Gasteiger partial charge >= 0.3 is 6.18 Å². The number of nitrogens with one attached hydrogen (secondary N) is 1. The van der Waals surface area contributed by atoms with Crippen LogP contribution in [0.15, 0.2) is 24.5 Å². The number of alkyl halides is 3. The van der Waals surface area contributed by atoms with E-state index >= 15 is 0 Å². The van der Waals surface area contributed by atoms with Crippen molar-refractivity contribution in [2.24, 2.45) is 0 Å². The van der Waals surface area contributed by atoms with Gasteiger partial charge in [-0.15, -0.1) is 11.3 Å². The zero-order valence-corrected chi connectivity index (χ0v) is 11.2. The molecule has 0 saturated heterocycles. The van der Waals surface area contributed by atoms with Crippen LogP contribution in [0, 0.1) is 6.92 Å². The number of thiazole rings is 1. The summed E-state index contributed by atoms with van der Waals surface area (Å²) in [5.41, 5.74) is -0.939. The Kier molecular flexibility index (Phi) is 4.03. The van der Waals surface area contributed by atoms with Gasteiger partial charge in [-0.25, -0.2) is 4.98 Å². The molecule has 0 aliphatic heterocycles. The summed E-state index contributed by atoms with van der Waals surface area (Å²) in [6, 6.07) is 1.88. The third-order valence-electron chi connectivity index (χ3n) is 2.41. The molecule has 1 N–H and O–H groups in total. The van der Waals surface area contributed by atoms with Crippen molar-refractivity contribution in [3.8, 4) is 0 Å². The van der Waals surface area contributed by atoms with Crippen LogP contribution in [-0.2, 0) is 12.7 Å². The highest BCUT2D eigenvalue weighted by Crippen LogP contribution is 2.27. The summed E-state index contributed by atoms with van der Waals surface area (Å²) in [5, 5.41) is 3.48. The second kappa shape index (κ2) is 5.58. The Morgan fingerprint density at radius 2 is 2.05 bits per heavy atom. The molecule has 2 heterocycles. The fourth-order valence-electron chi connectivity index (χ4n) is 1.45. The van der Waals surface area contributed by atoms with Crippen molar-refractivity contribution < 1.29 is 18.0 Å². The van der Waals surface area contributed by atoms with E-state index in [9.17, 15) is 18.0 Å². The molecule has 0 aromatic carbocycles. The van der Waals surface area contributed by atoms with Crippen molar-refractivity contribution in [1.82, 2.24) is 15.3 Å². The molecule has 2 rings (SSSR count). The van der Waals surface area contributed by atoms with Crippen molar-refractivity contribution >= 4 is 17.2 Å². The molecule has 1 amide bonds. The topological polar surface area (TPSA) is 54.9 Å². The molecule has 0 radical (unpaired) electrons. The molecule has 2 aromatic heterocycles. The van der Waals surface area contributed by atoms with Gasteiger partial charge < -0.3 is 5.32 Å². The zero-order valence-electron chi connectivity index (χ0n) is 10.4. The summed E-state index contributed by atoms with van der Waals surface area (Å²) in [5.74, 6) is -0.475. The van der Waals surface area contributed by atoms with Gasteiger partial charge in [0, 0.05) is 17.3 Å². The number of aromatic nitrogens is 2. The van der Waals surface area contributed by atoms with E-state index < -0.39 is 17.8 Å². The Morgan fingerprint density at radius 1 is 1.30 bits per heavy atom. The fraction of sp³-hybridized carbons (Fsp3) is 0.250. The summed E-state index contributed by atoms with van der Waals surface area (Å²) in [4.78, 5) is 19.9. The van der Waals surface area contributed by atoms with Gasteiger partial charge in [-0.1, -0.05) is 0 Å². The van der Waals surface area contributed by atoms with Crippen molar-refractivity contribution in [3.05, 3.63) is 45.7 Å². The Balaban J connectivity index is 1.99. The molecule has 2 aromatic rings. The van der Waals surface area contributed by atoms with E-state index in [4.69, 9.17) is 0 Å². The lowest BCUT2D eigenvalue weighted by atomic mass is 10.2. The quantitative estimate of drug-likeness (QED) is 0.948. The van der Waals surface area contributed by atoms with E-state index in [1.807, 2.05) is 6.92 Å². The van der Waals surface area contributed by atoms with E-state index in [1.165, 1.54) is 11.3 Å². The van der Waals surface area contributed by atoms with Crippen LogP contribution >= 0.6 is 11.3 Å². The summed E-state index contributed by atoms with van der Waals surface area (Å²) in [6.45, 7) is 2.13. The number of carbonyl (C=O) groups excluding carboxylic acids is 1. The first-order valence-corrected chi connectivity index (χ1v) is 6.40. The fourth-order valence-corrected chi connectivity index (χ4v) is 2.19. The normalized spacial score (nSPS) is 11.4. The Bertz CT molecular complexity index is 607. The first-order chi connectivity index (χ1) is 9.36. The monoisotopic (exact) mass is 301 g/mol. The molecule has 4 nitrogen and oxygen atoms in total. The first-order valence-electron chi connectivity index (χ1n) is 5.59. The van der Waals surface area contributed by atoms with Gasteiger partial charge in [0.15, 0.2) is 0 Å². The van der Waals surface area contributed by atoms with E-state index in [2.05, 4.69) is 15.3 Å². The number of aryl methyl sites for hydroxylation is 1. The minimum atomic E-state index is -4.50. The molecular weight excluding hydrogens is 291 g/mol. The van der Waals surface area contributed by atoms with Crippen LogP contribution in [0.5, 0.6) is 0 Å². The summed E-state index contributed by atoms with van der Waals surface area (Å²) in [6.07, 6.45) is -1.95. The lowest BCUT2D eigenvalue weighted by Crippen LogP contribution is -2.22. The van der Waals surface area contributed by atoms with Gasteiger partial charge in [0.25, 0.3) is 5.91 Å². The van der Waals surface area contributed by atoms with Gasteiger partial charge in [0.2, 0.25) is 0 Å². The molecular formula is C12H10F3N3OS. The minimum Gasteiger partial charge on any atom is -0.347 e. The number of halogens is 3. The molecule has 0 aliphatic carbocycles. The van der Waals surface area contributed by atoms with Crippen molar-refractivity contribution in [1.29, 1.82) is 0 Å². The molecule has 0 atom stereocenters. The third kappa shape index (κ3) is 3.53. The number of hydrogen-bond donors (Lipinski definition) is 1. The Hall–Kier alpha value is -1.96. The molecule has 0 spiro atoms. The number of carbonyl (C=O) groups is 1. The van der Waals surface area contributed by atoms with Crippen LogP contribution in [0.25, 0.3) is 0 Å². The van der Waals surface area contributed by atoms with Crippen LogP contribution in [0.2, 0.25) is 0 Å². The highest BCUT2D eigenvalue weighted by molar-refractivity contribution is 7.11. The van der Waals surface area contributed by atoms with Crippen LogP contribution < -0.4 is 5.32 Å². The SMILES string of the molecule is Cc1ncc(CNC(=O)c2ccc(C(F)(F)F)nc2)s1. The number of pyridine rings is 1. The predicted octanol–water partition coefficient (Wildman–Crippen LogP) is 2.80. The van der Waals surface area contributed by atoms with Crippen LogP contribution in [0.4, 0.5) is 13.2 Å². The number of nitrogens with zero attached hydrogens (tertiary/aromatic N) is 2. The average Bonchev–Trinajstić information content (AvgIpc) is 2.81. The van der Waals surface area contributed by atoms with E-state index in [0.29, 0.717) is 0 Å². The lowest BCUT2D eigenvalue weighted by Gasteiger charge is -2.06. The maximum atomic E-state index is 12.3. The van der Waals surface area contributed by atoms with Gasteiger partial charge in [-0.05, 0) is 19.1 Å². The summed E-state index contributed by atoms with van der Waals surface area (Å²) >= 11 is 1.44. The zero-order chi connectivity index (χ0) is 14.8. The second-order valence-corrected chi connectivity index (χ2v) is 5.28. The van der Waals surface area contributed by atoms with Gasteiger partial charge in [-0.3, -0.25) is 9.78 Å². The number of amides is 1. The minimum absolute atomic E-state index is 0.0826. The van der Waals surface area contributed by atoms with Crippen LogP contribution in [-0.4, -0.2) is 15.9 Å². The molecule has 0 aliphatic rings. The number of rotatable bonds is 3. The van der Waals surface area contributed by atoms with Crippen molar-refractivity contribution in [3.63, 3.8) is 0 Å². The average molecular weight is 301 g/mol. The third-order valence-corrected chi connectivity index (χ3v) is 3.32. The molecule has 20 heavy (non-hydrogen) atoms. The van der Waals surface area contributed by atoms with Gasteiger partial charge in [0.1, 0.15) is 5.69 Å². The van der Waals surface area contributed by atoms with E-state index in [1.54, 1.807) is 6.20 Å². The number of hydrogen-bond acceptors (Lipinski definition) is 4. The Morgan fingerprint density at radius 3 is 2.55 bits per heavy atom. The summed E-state index contributed by atoms with van der Waals surface area (Å²) < 4.78 is 37.0. The maximum Gasteiger partial charge on any atom is 0.433 e. The van der Waals surface area contributed by atoms with Crippen molar-refractivity contribution in [2.45, 2.75) is 19.6 Å². The second-order valence-electron chi connectivity index (χ2n) is 3.96. The standard InChI is InChI=1S/C12H10F3N3OS/c1-7-16-5-9(20-7)6-18-11(19)8-2-3-10(17-4-8)12(13,14)15/h2-5H,6H2,1H3,(H,18,19). The van der Waals surface area contributed by atoms with Gasteiger partial charge in [-0.2, -0.15) is 13.2 Å². The molecule has 0 unspecified atom stereocenters. The lowest BCUT2D eigenvalue weighted by molar-refractivity contribution is -0.141.